The molecule has 4 rings (SSSR count). The molecule has 3 heterocycles. The van der Waals surface area contributed by atoms with Gasteiger partial charge in [-0.2, -0.15) is 0 Å². The van der Waals surface area contributed by atoms with Gasteiger partial charge in [-0.05, 0) is 43.3 Å². The molecule has 1 aliphatic heterocycles. The molecule has 7 heteroatoms. The minimum absolute atomic E-state index is 0.0354. The summed E-state index contributed by atoms with van der Waals surface area (Å²) in [6, 6.07) is 13.9. The van der Waals surface area contributed by atoms with Crippen LogP contribution in [0.25, 0.3) is 5.52 Å². The van der Waals surface area contributed by atoms with Gasteiger partial charge in [0.25, 0.3) is 0 Å². The number of morpholine rings is 1. The molecule has 1 unspecified atom stereocenters. The Morgan fingerprint density at radius 1 is 1.19 bits per heavy atom. The number of nitrogens with one attached hydrogen (secondary N) is 1. The first-order valence-corrected chi connectivity index (χ1v) is 9.91. The first-order chi connectivity index (χ1) is 13.2. The maximum Gasteiger partial charge on any atom is 0.237 e. The number of carbonyl (C=O) groups excluding carboxylic acids is 1. The molecule has 1 aliphatic rings. The van der Waals surface area contributed by atoms with E-state index in [0.717, 1.165) is 48.4 Å². The van der Waals surface area contributed by atoms with Crippen molar-refractivity contribution in [2.45, 2.75) is 17.3 Å². The summed E-state index contributed by atoms with van der Waals surface area (Å²) in [5.41, 5.74) is 2.98. The van der Waals surface area contributed by atoms with E-state index in [1.54, 1.807) is 0 Å². The molecule has 1 N–H and O–H groups in total. The van der Waals surface area contributed by atoms with Crippen LogP contribution in [0.1, 0.15) is 6.92 Å². The van der Waals surface area contributed by atoms with Crippen molar-refractivity contribution in [3.05, 3.63) is 54.9 Å². The van der Waals surface area contributed by atoms with Crippen LogP contribution in [0.5, 0.6) is 0 Å². The molecule has 0 aliphatic carbocycles. The summed E-state index contributed by atoms with van der Waals surface area (Å²) < 4.78 is 7.38. The van der Waals surface area contributed by atoms with E-state index in [2.05, 4.69) is 15.2 Å². The number of hydrogen-bond acceptors (Lipinski definition) is 5. The number of rotatable bonds is 5. The molecule has 1 amide bonds. The number of amides is 1. The van der Waals surface area contributed by atoms with Gasteiger partial charge < -0.3 is 15.0 Å². The van der Waals surface area contributed by atoms with Crippen LogP contribution in [0.2, 0.25) is 0 Å². The average Bonchev–Trinajstić information content (AvgIpc) is 3.12. The van der Waals surface area contributed by atoms with Gasteiger partial charge in [0.15, 0.2) is 5.16 Å². The molecule has 140 valence electrons. The Kier molecular flexibility index (Phi) is 5.31. The number of carbonyl (C=O) groups is 1. The third-order valence-electron chi connectivity index (χ3n) is 4.57. The number of nitrogens with zero attached hydrogens (tertiary/aromatic N) is 3. The van der Waals surface area contributed by atoms with E-state index in [4.69, 9.17) is 4.74 Å². The van der Waals surface area contributed by atoms with Crippen LogP contribution in [0.3, 0.4) is 0 Å². The van der Waals surface area contributed by atoms with Crippen LogP contribution in [-0.4, -0.2) is 46.8 Å². The van der Waals surface area contributed by atoms with E-state index >= 15 is 0 Å². The number of aromatic nitrogens is 2. The number of thioether (sulfide) groups is 1. The largest absolute Gasteiger partial charge is 0.378 e. The average molecular weight is 382 g/mol. The Bertz CT molecular complexity index is 919. The zero-order valence-electron chi connectivity index (χ0n) is 15.2. The minimum atomic E-state index is -0.255. The van der Waals surface area contributed by atoms with E-state index in [0.29, 0.717) is 0 Å². The van der Waals surface area contributed by atoms with Gasteiger partial charge in [-0.25, -0.2) is 4.98 Å². The second kappa shape index (κ2) is 8.02. The van der Waals surface area contributed by atoms with Crippen LogP contribution in [0.15, 0.2) is 60.0 Å². The standard InChI is InChI=1S/C20H22N4O2S/c1-15(27-20-21-14-18-4-2-3-9-24(18)20)19(25)22-16-5-7-17(8-6-16)23-10-12-26-13-11-23/h2-9,14-15H,10-13H2,1H3,(H,22,25). The number of ether oxygens (including phenoxy) is 1. The molecule has 1 fully saturated rings. The lowest BCUT2D eigenvalue weighted by Gasteiger charge is -2.28. The van der Waals surface area contributed by atoms with Crippen molar-refractivity contribution in [2.24, 2.45) is 0 Å². The lowest BCUT2D eigenvalue weighted by molar-refractivity contribution is -0.115. The molecule has 0 bridgehead atoms. The van der Waals surface area contributed by atoms with Crippen molar-refractivity contribution in [3.63, 3.8) is 0 Å². The molecule has 6 nitrogen and oxygen atoms in total. The highest BCUT2D eigenvalue weighted by molar-refractivity contribution is 8.00. The Balaban J connectivity index is 1.38. The SMILES string of the molecule is CC(Sc1ncc2ccccn12)C(=O)Nc1ccc(N2CCOCC2)cc1. The highest BCUT2D eigenvalue weighted by Gasteiger charge is 2.18. The zero-order valence-corrected chi connectivity index (χ0v) is 16.0. The maximum absolute atomic E-state index is 12.6. The molecule has 0 saturated carbocycles. The molecule has 1 atom stereocenters. The fourth-order valence-corrected chi connectivity index (χ4v) is 3.91. The van der Waals surface area contributed by atoms with E-state index in [1.165, 1.54) is 11.8 Å². The van der Waals surface area contributed by atoms with Gasteiger partial charge in [0, 0.05) is 30.7 Å². The monoisotopic (exact) mass is 382 g/mol. The minimum Gasteiger partial charge on any atom is -0.378 e. The predicted molar refractivity (Wildman–Crippen MR) is 109 cm³/mol. The number of pyridine rings is 1. The predicted octanol–water partition coefficient (Wildman–Crippen LogP) is 3.29. The van der Waals surface area contributed by atoms with Crippen molar-refractivity contribution in [1.29, 1.82) is 0 Å². The van der Waals surface area contributed by atoms with Crippen LogP contribution >= 0.6 is 11.8 Å². The Morgan fingerprint density at radius 3 is 2.74 bits per heavy atom. The van der Waals surface area contributed by atoms with E-state index < -0.39 is 0 Å². The molecular weight excluding hydrogens is 360 g/mol. The van der Waals surface area contributed by atoms with Crippen LogP contribution in [-0.2, 0) is 9.53 Å². The third-order valence-corrected chi connectivity index (χ3v) is 5.65. The fourth-order valence-electron chi connectivity index (χ4n) is 3.04. The van der Waals surface area contributed by atoms with Crippen molar-refractivity contribution < 1.29 is 9.53 Å². The summed E-state index contributed by atoms with van der Waals surface area (Å²) >= 11 is 1.45. The Labute approximate surface area is 162 Å². The van der Waals surface area contributed by atoms with Crippen LogP contribution < -0.4 is 10.2 Å². The summed E-state index contributed by atoms with van der Waals surface area (Å²) in [7, 11) is 0. The van der Waals surface area contributed by atoms with E-state index in [-0.39, 0.29) is 11.2 Å². The first kappa shape index (κ1) is 17.9. The summed E-state index contributed by atoms with van der Waals surface area (Å²) in [6.45, 7) is 5.22. The zero-order chi connectivity index (χ0) is 18.6. The quantitative estimate of drug-likeness (QED) is 0.686. The summed E-state index contributed by atoms with van der Waals surface area (Å²) in [5, 5.41) is 3.55. The molecule has 0 spiro atoms. The van der Waals surface area contributed by atoms with Gasteiger partial charge in [0.2, 0.25) is 5.91 Å². The molecule has 0 radical (unpaired) electrons. The van der Waals surface area contributed by atoms with Gasteiger partial charge in [-0.1, -0.05) is 17.8 Å². The highest BCUT2D eigenvalue weighted by atomic mass is 32.2. The fraction of sp³-hybridized carbons (Fsp3) is 0.300. The normalized spacial score (nSPS) is 15.7. The molecule has 3 aromatic rings. The van der Waals surface area contributed by atoms with Crippen molar-refractivity contribution >= 4 is 34.6 Å². The number of imidazole rings is 1. The summed E-state index contributed by atoms with van der Waals surface area (Å²) in [5.74, 6) is -0.0354. The lowest BCUT2D eigenvalue weighted by atomic mass is 10.2. The number of hydrogen-bond donors (Lipinski definition) is 1. The highest BCUT2D eigenvalue weighted by Crippen LogP contribution is 2.25. The second-order valence-corrected chi connectivity index (χ2v) is 7.74. The van der Waals surface area contributed by atoms with Gasteiger partial charge >= 0.3 is 0 Å². The van der Waals surface area contributed by atoms with E-state index in [9.17, 15) is 4.79 Å². The number of benzene rings is 1. The van der Waals surface area contributed by atoms with Crippen molar-refractivity contribution in [2.75, 3.05) is 36.5 Å². The lowest BCUT2D eigenvalue weighted by Crippen LogP contribution is -2.36. The van der Waals surface area contributed by atoms with Gasteiger partial charge in [-0.3, -0.25) is 9.20 Å². The molecule has 2 aromatic heterocycles. The number of fused-ring (bicyclic) bond motifs is 1. The molecule has 1 saturated heterocycles. The third kappa shape index (κ3) is 4.09. The molecule has 27 heavy (non-hydrogen) atoms. The molecule has 1 aromatic carbocycles. The number of anilines is 2. The van der Waals surface area contributed by atoms with Gasteiger partial charge in [0.05, 0.1) is 30.2 Å². The summed E-state index contributed by atoms with van der Waals surface area (Å²) in [4.78, 5) is 19.3. The maximum atomic E-state index is 12.6. The first-order valence-electron chi connectivity index (χ1n) is 9.03. The Morgan fingerprint density at radius 2 is 1.96 bits per heavy atom. The smallest absolute Gasteiger partial charge is 0.237 e. The van der Waals surface area contributed by atoms with E-state index in [1.807, 2.05) is 66.2 Å². The second-order valence-electron chi connectivity index (χ2n) is 6.43. The van der Waals surface area contributed by atoms with Crippen molar-refractivity contribution in [3.8, 4) is 0 Å². The Hall–Kier alpha value is -2.51. The summed E-state index contributed by atoms with van der Waals surface area (Å²) in [6.07, 6.45) is 3.77. The topological polar surface area (TPSA) is 58.9 Å². The van der Waals surface area contributed by atoms with Crippen LogP contribution in [0, 0.1) is 0 Å². The van der Waals surface area contributed by atoms with Gasteiger partial charge in [0.1, 0.15) is 0 Å². The van der Waals surface area contributed by atoms with Gasteiger partial charge in [-0.15, -0.1) is 0 Å². The molecular formula is C20H22N4O2S. The van der Waals surface area contributed by atoms with Crippen LogP contribution in [0.4, 0.5) is 11.4 Å². The van der Waals surface area contributed by atoms with Crippen molar-refractivity contribution in [1.82, 2.24) is 9.38 Å².